The van der Waals surface area contributed by atoms with Crippen LogP contribution in [0.25, 0.3) is 0 Å². The van der Waals surface area contributed by atoms with E-state index in [9.17, 15) is 28.8 Å². The quantitative estimate of drug-likeness (QED) is 0.276. The van der Waals surface area contributed by atoms with E-state index in [1.807, 2.05) is 0 Å². The fraction of sp³-hybridized carbons (Fsp3) is 0.500. The van der Waals surface area contributed by atoms with E-state index in [1.54, 1.807) is 0 Å². The molecule has 2 rings (SSSR count). The minimum Gasteiger partial charge on any atom is -0.394 e. The van der Waals surface area contributed by atoms with E-state index >= 15 is 0 Å². The summed E-state index contributed by atoms with van der Waals surface area (Å²) in [6, 6.07) is 4.81. The van der Waals surface area contributed by atoms with Crippen LogP contribution in [0.5, 0.6) is 0 Å². The van der Waals surface area contributed by atoms with Gasteiger partial charge in [0, 0.05) is 5.69 Å². The Hall–Kier alpha value is -1.31. The Bertz CT molecular complexity index is 650. The molecular weight excluding hydrogens is 332 g/mol. The molecule has 23 heavy (non-hydrogen) atoms. The third-order valence-corrected chi connectivity index (χ3v) is 4.40. The smallest absolute Gasteiger partial charge is 0.277 e. The Morgan fingerprint density at radius 2 is 1.74 bits per heavy atom. The van der Waals surface area contributed by atoms with E-state index < -0.39 is 47.0 Å². The first kappa shape index (κ1) is 18.0. The van der Waals surface area contributed by atoms with E-state index in [2.05, 4.69) is 5.32 Å². The van der Waals surface area contributed by atoms with Gasteiger partial charge >= 0.3 is 0 Å². The van der Waals surface area contributed by atoms with Gasteiger partial charge in [-0.3, -0.25) is 0 Å². The van der Waals surface area contributed by atoms with Crippen molar-refractivity contribution in [3.05, 3.63) is 24.3 Å². The topological polar surface area (TPSA) is 183 Å². The maximum absolute atomic E-state index is 11.2. The van der Waals surface area contributed by atoms with Crippen LogP contribution in [0.4, 0.5) is 5.69 Å². The normalized spacial score (nSPS) is 35.0. The summed E-state index contributed by atoms with van der Waals surface area (Å²) in [5, 5.41) is 55.9. The molecule has 0 bridgehead atoms. The molecule has 1 aliphatic heterocycles. The molecule has 0 radical (unpaired) electrons. The summed E-state index contributed by atoms with van der Waals surface area (Å²) < 4.78 is 27.3. The third-order valence-electron chi connectivity index (χ3n) is 3.47. The van der Waals surface area contributed by atoms with Gasteiger partial charge in [-0.25, -0.2) is 13.6 Å². The van der Waals surface area contributed by atoms with Crippen LogP contribution in [0, 0.1) is 0 Å². The van der Waals surface area contributed by atoms with Crippen LogP contribution < -0.4 is 10.5 Å². The molecule has 0 amide bonds. The lowest BCUT2D eigenvalue weighted by Crippen LogP contribution is -2.68. The van der Waals surface area contributed by atoms with Crippen molar-refractivity contribution in [2.24, 2.45) is 5.14 Å². The number of hydrogen-bond acceptors (Lipinski definition) is 9. The molecule has 1 fully saturated rings. The molecule has 0 aromatic heterocycles. The minimum absolute atomic E-state index is 0.138. The van der Waals surface area contributed by atoms with Crippen molar-refractivity contribution in [2.75, 3.05) is 11.9 Å². The minimum atomic E-state index is -3.88. The molecule has 10 nitrogen and oxygen atoms in total. The fourth-order valence-corrected chi connectivity index (χ4v) is 2.71. The number of rotatable bonds is 4. The molecular formula is C12H18N2O8S. The standard InChI is InChI=1S/C12H18N2O8S/c13-23(20,21)7-3-1-6(2-4-7)14-12(19)11(18)10(17)9(16)8(5-15)22-12/h1-4,8-11,14-19H,5H2,(H2,13,20,21)/t8-,9+,10+,11+,12-/m1/s1. The number of anilines is 1. The molecule has 5 atom stereocenters. The van der Waals surface area contributed by atoms with Crippen molar-refractivity contribution in [1.29, 1.82) is 0 Å². The van der Waals surface area contributed by atoms with Crippen molar-refractivity contribution < 1.29 is 38.7 Å². The van der Waals surface area contributed by atoms with Gasteiger partial charge in [-0.05, 0) is 24.3 Å². The molecule has 11 heteroatoms. The van der Waals surface area contributed by atoms with Crippen LogP contribution in [-0.2, 0) is 14.8 Å². The first-order valence-corrected chi connectivity index (χ1v) is 8.09. The highest BCUT2D eigenvalue weighted by molar-refractivity contribution is 7.89. The number of ether oxygens (including phenoxy) is 1. The first-order chi connectivity index (χ1) is 10.6. The molecule has 0 aliphatic carbocycles. The number of nitrogens with one attached hydrogen (secondary N) is 1. The van der Waals surface area contributed by atoms with Crippen molar-refractivity contribution in [1.82, 2.24) is 0 Å². The maximum atomic E-state index is 11.2. The molecule has 130 valence electrons. The van der Waals surface area contributed by atoms with Gasteiger partial charge in [0.25, 0.3) is 5.91 Å². The Labute approximate surface area is 131 Å². The third kappa shape index (κ3) is 3.62. The second-order valence-electron chi connectivity index (χ2n) is 5.16. The van der Waals surface area contributed by atoms with E-state index in [0.29, 0.717) is 0 Å². The zero-order valence-electron chi connectivity index (χ0n) is 11.8. The second-order valence-corrected chi connectivity index (χ2v) is 6.72. The highest BCUT2D eigenvalue weighted by Gasteiger charge is 2.53. The number of benzene rings is 1. The van der Waals surface area contributed by atoms with Crippen LogP contribution in [0.15, 0.2) is 29.2 Å². The summed E-state index contributed by atoms with van der Waals surface area (Å²) >= 11 is 0. The number of primary sulfonamides is 1. The molecule has 1 aromatic carbocycles. The van der Waals surface area contributed by atoms with Gasteiger partial charge in [0.2, 0.25) is 10.0 Å². The largest absolute Gasteiger partial charge is 0.394 e. The van der Waals surface area contributed by atoms with Gasteiger partial charge in [0.1, 0.15) is 18.3 Å². The Morgan fingerprint density at radius 1 is 1.17 bits per heavy atom. The maximum Gasteiger partial charge on any atom is 0.277 e. The van der Waals surface area contributed by atoms with Gasteiger partial charge in [-0.1, -0.05) is 0 Å². The second kappa shape index (κ2) is 6.30. The van der Waals surface area contributed by atoms with E-state index in [0.717, 1.165) is 12.1 Å². The molecule has 1 aromatic rings. The van der Waals surface area contributed by atoms with Crippen molar-refractivity contribution in [3.63, 3.8) is 0 Å². The van der Waals surface area contributed by atoms with Gasteiger partial charge in [0.15, 0.2) is 6.10 Å². The fourth-order valence-electron chi connectivity index (χ4n) is 2.19. The summed E-state index contributed by atoms with van der Waals surface area (Å²) in [6.07, 6.45) is -6.64. The SMILES string of the molecule is NS(=O)(=O)c1ccc(N[C@]2(O)O[C@H](CO)[C@H](O)[C@H](O)[C@@H]2O)cc1. The highest BCUT2D eigenvalue weighted by atomic mass is 32.2. The molecule has 1 saturated heterocycles. The first-order valence-electron chi connectivity index (χ1n) is 6.55. The number of aliphatic hydroxyl groups is 5. The molecule has 1 aliphatic rings. The molecule has 0 spiro atoms. The zero-order chi connectivity index (χ0) is 17.4. The highest BCUT2D eigenvalue weighted by Crippen LogP contribution is 2.29. The monoisotopic (exact) mass is 350 g/mol. The number of hydrogen-bond donors (Lipinski definition) is 7. The summed E-state index contributed by atoms with van der Waals surface area (Å²) in [7, 11) is -3.88. The van der Waals surface area contributed by atoms with Crippen molar-refractivity contribution in [3.8, 4) is 0 Å². The van der Waals surface area contributed by atoms with Crippen LogP contribution in [0.2, 0.25) is 0 Å². The van der Waals surface area contributed by atoms with Crippen molar-refractivity contribution >= 4 is 15.7 Å². The van der Waals surface area contributed by atoms with Crippen LogP contribution in [0.3, 0.4) is 0 Å². The lowest BCUT2D eigenvalue weighted by molar-refractivity contribution is -0.336. The van der Waals surface area contributed by atoms with E-state index in [1.165, 1.54) is 12.1 Å². The van der Waals surface area contributed by atoms with Crippen LogP contribution in [-0.4, -0.2) is 70.9 Å². The summed E-state index contributed by atoms with van der Waals surface area (Å²) in [6.45, 7) is -0.709. The van der Waals surface area contributed by atoms with Crippen LogP contribution >= 0.6 is 0 Å². The molecule has 0 saturated carbocycles. The van der Waals surface area contributed by atoms with E-state index in [-0.39, 0.29) is 10.6 Å². The number of aliphatic hydroxyl groups excluding tert-OH is 4. The van der Waals surface area contributed by atoms with Gasteiger partial charge < -0.3 is 35.6 Å². The van der Waals surface area contributed by atoms with Crippen LogP contribution in [0.1, 0.15) is 0 Å². The Morgan fingerprint density at radius 3 is 2.22 bits per heavy atom. The zero-order valence-corrected chi connectivity index (χ0v) is 12.6. The van der Waals surface area contributed by atoms with Gasteiger partial charge in [-0.15, -0.1) is 0 Å². The summed E-state index contributed by atoms with van der Waals surface area (Å²) in [4.78, 5) is -0.163. The predicted octanol–water partition coefficient (Wildman–Crippen LogP) is -3.13. The lowest BCUT2D eigenvalue weighted by atomic mass is 9.96. The number of sulfonamides is 1. The molecule has 1 heterocycles. The summed E-state index contributed by atoms with van der Waals surface area (Å²) in [5.41, 5.74) is 0.138. The average molecular weight is 350 g/mol. The van der Waals surface area contributed by atoms with Gasteiger partial charge in [-0.2, -0.15) is 0 Å². The Kier molecular flexibility index (Phi) is 4.94. The summed E-state index contributed by atoms with van der Waals surface area (Å²) in [5.74, 6) is -2.50. The average Bonchev–Trinajstić information content (AvgIpc) is 2.49. The van der Waals surface area contributed by atoms with Crippen molar-refractivity contribution in [2.45, 2.75) is 35.2 Å². The Balaban J connectivity index is 2.23. The molecule has 0 unspecified atom stereocenters. The predicted molar refractivity (Wildman–Crippen MR) is 76.4 cm³/mol. The number of nitrogens with two attached hydrogens (primary N) is 1. The van der Waals surface area contributed by atoms with Gasteiger partial charge in [0.05, 0.1) is 11.5 Å². The molecule has 8 N–H and O–H groups in total. The lowest BCUT2D eigenvalue weighted by Gasteiger charge is -2.45. The van der Waals surface area contributed by atoms with E-state index in [4.69, 9.17) is 15.0 Å².